The van der Waals surface area contributed by atoms with Gasteiger partial charge in [0.2, 0.25) is 11.8 Å². The fourth-order valence-corrected chi connectivity index (χ4v) is 3.00. The fraction of sp³-hybridized carbons (Fsp3) is 0.200. The molecule has 0 saturated carbocycles. The summed E-state index contributed by atoms with van der Waals surface area (Å²) in [5, 5.41) is 10.1. The number of rotatable bonds is 10. The summed E-state index contributed by atoms with van der Waals surface area (Å²) >= 11 is 0. The summed E-state index contributed by atoms with van der Waals surface area (Å²) in [6.45, 7) is 19.7. The van der Waals surface area contributed by atoms with Crippen molar-refractivity contribution in [2.75, 3.05) is 4.90 Å². The van der Waals surface area contributed by atoms with Crippen LogP contribution in [0.15, 0.2) is 97.1 Å². The highest BCUT2D eigenvalue weighted by Crippen LogP contribution is 2.31. The third kappa shape index (κ3) is 5.47. The standard InChI is InChI=1S/C25H30N4O/c1-7-10-11-16-21(9-3)29-23(27-24(30)14-8-2)18-28-20(6)22(26-25(28)29)17-13-12-15-19(4)5/h7-11,13-14,16-17,30H,1-4,12,15,18H2,5-6H3/b11-10-,17-13-,21-16+,24-14+,27-23?. The zero-order valence-electron chi connectivity index (χ0n) is 17.9. The van der Waals surface area contributed by atoms with Crippen molar-refractivity contribution in [2.24, 2.45) is 4.99 Å². The van der Waals surface area contributed by atoms with Crippen LogP contribution in [0.25, 0.3) is 6.08 Å². The SMILES string of the molecule is C=C/C=C\C=C(/C=C)N1C(=N/C(O)=C\C=C)Cn2c1nc(/C=C\CCC(=C)C)c2C. The third-order valence-corrected chi connectivity index (χ3v) is 4.50. The molecule has 5 nitrogen and oxygen atoms in total. The summed E-state index contributed by atoms with van der Waals surface area (Å²) in [4.78, 5) is 11.1. The molecule has 0 amide bonds. The number of nitrogens with zero attached hydrogens (tertiary/aromatic N) is 4. The number of aliphatic hydroxyl groups is 1. The lowest BCUT2D eigenvalue weighted by Gasteiger charge is -2.18. The smallest absolute Gasteiger partial charge is 0.216 e. The Hall–Kier alpha value is -3.60. The summed E-state index contributed by atoms with van der Waals surface area (Å²) in [5.41, 5.74) is 3.90. The summed E-state index contributed by atoms with van der Waals surface area (Å²) in [5.74, 6) is 1.26. The van der Waals surface area contributed by atoms with Crippen LogP contribution < -0.4 is 4.90 Å². The molecule has 1 aromatic heterocycles. The number of hydrogen-bond acceptors (Lipinski definition) is 3. The van der Waals surface area contributed by atoms with Gasteiger partial charge in [0.05, 0.1) is 12.2 Å². The quantitative estimate of drug-likeness (QED) is 0.289. The molecule has 5 heteroatoms. The summed E-state index contributed by atoms with van der Waals surface area (Å²) in [6.07, 6.45) is 18.0. The van der Waals surface area contributed by atoms with E-state index in [0.717, 1.165) is 41.4 Å². The summed E-state index contributed by atoms with van der Waals surface area (Å²) in [6, 6.07) is 0. The van der Waals surface area contributed by atoms with Gasteiger partial charge in [-0.15, -0.1) is 6.58 Å². The van der Waals surface area contributed by atoms with E-state index in [1.807, 2.05) is 43.1 Å². The number of hydrogen-bond donors (Lipinski definition) is 1. The van der Waals surface area contributed by atoms with E-state index in [-0.39, 0.29) is 5.88 Å². The van der Waals surface area contributed by atoms with Crippen molar-refractivity contribution >= 4 is 17.9 Å². The van der Waals surface area contributed by atoms with Crippen LogP contribution in [0.5, 0.6) is 0 Å². The van der Waals surface area contributed by atoms with Crippen LogP contribution in [-0.2, 0) is 6.54 Å². The Morgan fingerprint density at radius 2 is 1.97 bits per heavy atom. The van der Waals surface area contributed by atoms with Gasteiger partial charge in [-0.25, -0.2) is 4.98 Å². The Morgan fingerprint density at radius 3 is 2.60 bits per heavy atom. The molecule has 2 heterocycles. The van der Waals surface area contributed by atoms with Crippen molar-refractivity contribution in [1.82, 2.24) is 9.55 Å². The third-order valence-electron chi connectivity index (χ3n) is 4.50. The minimum atomic E-state index is -0.113. The van der Waals surface area contributed by atoms with Gasteiger partial charge in [0.1, 0.15) is 5.84 Å². The predicted molar refractivity (Wildman–Crippen MR) is 128 cm³/mol. The van der Waals surface area contributed by atoms with E-state index < -0.39 is 0 Å². The van der Waals surface area contributed by atoms with Crippen LogP contribution in [0.3, 0.4) is 0 Å². The highest BCUT2D eigenvalue weighted by Gasteiger charge is 2.31. The molecule has 0 aliphatic carbocycles. The average molecular weight is 403 g/mol. The maximum Gasteiger partial charge on any atom is 0.216 e. The molecule has 1 aliphatic heterocycles. The Bertz CT molecular complexity index is 983. The number of aliphatic imine (C=N–C) groups is 1. The first-order chi connectivity index (χ1) is 14.4. The van der Waals surface area contributed by atoms with Crippen LogP contribution in [0.1, 0.15) is 31.2 Å². The number of aliphatic hydroxyl groups excluding tert-OH is 1. The second kappa shape index (κ2) is 10.8. The lowest BCUT2D eigenvalue weighted by molar-refractivity contribution is 0.406. The predicted octanol–water partition coefficient (Wildman–Crippen LogP) is 6.18. The lowest BCUT2D eigenvalue weighted by Crippen LogP contribution is -2.26. The number of aromatic nitrogens is 2. The molecular formula is C25H30N4O. The molecule has 0 aromatic carbocycles. The molecule has 0 spiro atoms. The molecule has 0 fully saturated rings. The van der Waals surface area contributed by atoms with Crippen LogP contribution in [-0.4, -0.2) is 20.5 Å². The van der Waals surface area contributed by atoms with Crippen LogP contribution in [0.2, 0.25) is 0 Å². The van der Waals surface area contributed by atoms with Crippen LogP contribution in [0, 0.1) is 6.92 Å². The molecule has 0 atom stereocenters. The zero-order valence-corrected chi connectivity index (χ0v) is 17.9. The minimum Gasteiger partial charge on any atom is -0.493 e. The molecular weight excluding hydrogens is 372 g/mol. The van der Waals surface area contributed by atoms with E-state index in [1.165, 1.54) is 12.2 Å². The molecule has 0 saturated heterocycles. The topological polar surface area (TPSA) is 53.6 Å². The Morgan fingerprint density at radius 1 is 1.20 bits per heavy atom. The van der Waals surface area contributed by atoms with Gasteiger partial charge < -0.3 is 9.67 Å². The molecule has 2 rings (SSSR count). The van der Waals surface area contributed by atoms with Gasteiger partial charge in [-0.1, -0.05) is 55.7 Å². The summed E-state index contributed by atoms with van der Waals surface area (Å²) in [7, 11) is 0. The molecule has 0 bridgehead atoms. The number of anilines is 1. The van der Waals surface area contributed by atoms with E-state index in [2.05, 4.69) is 42.0 Å². The van der Waals surface area contributed by atoms with Crippen molar-refractivity contribution in [1.29, 1.82) is 0 Å². The first kappa shape index (κ1) is 22.7. The Labute approximate surface area is 179 Å². The monoisotopic (exact) mass is 402 g/mol. The molecule has 1 aromatic rings. The normalized spacial score (nSPS) is 15.9. The van der Waals surface area contributed by atoms with Gasteiger partial charge in [0.15, 0.2) is 0 Å². The van der Waals surface area contributed by atoms with E-state index in [1.54, 1.807) is 12.2 Å². The van der Waals surface area contributed by atoms with E-state index >= 15 is 0 Å². The van der Waals surface area contributed by atoms with Crippen LogP contribution >= 0.6 is 0 Å². The van der Waals surface area contributed by atoms with Crippen molar-refractivity contribution in [3.05, 3.63) is 103 Å². The number of allylic oxidation sites excluding steroid dienone is 9. The Kier molecular flexibility index (Phi) is 8.18. The minimum absolute atomic E-state index is 0.113. The van der Waals surface area contributed by atoms with E-state index in [4.69, 9.17) is 4.98 Å². The maximum absolute atomic E-state index is 10.1. The largest absolute Gasteiger partial charge is 0.493 e. The molecule has 1 aliphatic rings. The van der Waals surface area contributed by atoms with Crippen molar-refractivity contribution < 1.29 is 5.11 Å². The van der Waals surface area contributed by atoms with E-state index in [0.29, 0.717) is 12.4 Å². The number of amidine groups is 1. The van der Waals surface area contributed by atoms with Gasteiger partial charge in [-0.05, 0) is 51.0 Å². The average Bonchev–Trinajstić information content (AvgIpc) is 3.19. The first-order valence-corrected chi connectivity index (χ1v) is 9.82. The maximum atomic E-state index is 10.1. The number of fused-ring (bicyclic) bond motifs is 1. The molecule has 30 heavy (non-hydrogen) atoms. The van der Waals surface area contributed by atoms with E-state index in [9.17, 15) is 5.11 Å². The van der Waals surface area contributed by atoms with Crippen molar-refractivity contribution in [2.45, 2.75) is 33.2 Å². The highest BCUT2D eigenvalue weighted by molar-refractivity contribution is 6.03. The van der Waals surface area contributed by atoms with Gasteiger partial charge in [-0.2, -0.15) is 4.99 Å². The molecule has 0 radical (unpaired) electrons. The second-order valence-electron chi connectivity index (χ2n) is 6.91. The lowest BCUT2D eigenvalue weighted by atomic mass is 10.2. The summed E-state index contributed by atoms with van der Waals surface area (Å²) < 4.78 is 2.08. The highest BCUT2D eigenvalue weighted by atomic mass is 16.3. The van der Waals surface area contributed by atoms with Gasteiger partial charge >= 0.3 is 0 Å². The van der Waals surface area contributed by atoms with Gasteiger partial charge in [0, 0.05) is 11.4 Å². The van der Waals surface area contributed by atoms with Crippen molar-refractivity contribution in [3.8, 4) is 0 Å². The zero-order chi connectivity index (χ0) is 22.1. The van der Waals surface area contributed by atoms with Crippen molar-refractivity contribution in [3.63, 3.8) is 0 Å². The van der Waals surface area contributed by atoms with Gasteiger partial charge in [0.25, 0.3) is 0 Å². The molecule has 1 N–H and O–H groups in total. The second-order valence-corrected chi connectivity index (χ2v) is 6.91. The number of imidazole rings is 1. The van der Waals surface area contributed by atoms with Gasteiger partial charge in [-0.3, -0.25) is 4.90 Å². The first-order valence-electron chi connectivity index (χ1n) is 9.82. The molecule has 0 unspecified atom stereocenters. The Balaban J connectivity index is 2.49. The molecule has 156 valence electrons. The fourth-order valence-electron chi connectivity index (χ4n) is 3.00. The van der Waals surface area contributed by atoms with Crippen LogP contribution in [0.4, 0.5) is 5.95 Å².